The lowest BCUT2D eigenvalue weighted by Gasteiger charge is -2.19. The highest BCUT2D eigenvalue weighted by molar-refractivity contribution is 6.30. The van der Waals surface area contributed by atoms with Crippen LogP contribution < -0.4 is 10.6 Å². The molecule has 2 aromatic rings. The van der Waals surface area contributed by atoms with Crippen LogP contribution in [0.3, 0.4) is 0 Å². The van der Waals surface area contributed by atoms with E-state index in [1.807, 2.05) is 12.1 Å². The molecule has 1 atom stereocenters. The molecule has 122 valence electrons. The smallest absolute Gasteiger partial charge is 0.315 e. The first-order valence-electron chi connectivity index (χ1n) is 7.16. The Morgan fingerprint density at radius 1 is 1.30 bits per heavy atom. The zero-order valence-electron chi connectivity index (χ0n) is 13.0. The molecule has 1 aromatic carbocycles. The zero-order chi connectivity index (χ0) is 16.7. The number of aromatic nitrogens is 2. The van der Waals surface area contributed by atoms with Crippen molar-refractivity contribution in [2.45, 2.75) is 19.5 Å². The van der Waals surface area contributed by atoms with Crippen molar-refractivity contribution >= 4 is 17.6 Å². The highest BCUT2D eigenvalue weighted by Crippen LogP contribution is 2.16. The number of carbonyl (C=O) groups is 1. The molecule has 0 unspecified atom stereocenters. The number of ether oxygens (including phenoxy) is 1. The number of aryl methyl sites for hydroxylation is 1. The standard InChI is InChI=1S/C16H19ClN4O2/c1-11-18-8-7-14(20-11)9-19-16(22)21-15(10-23-2)12-3-5-13(17)6-4-12/h3-8,15H,9-10H2,1-2H3,(H2,19,21,22)/t15-/m0/s1. The number of rotatable bonds is 6. The molecule has 1 aromatic heterocycles. The van der Waals surface area contributed by atoms with Crippen molar-refractivity contribution in [3.63, 3.8) is 0 Å². The highest BCUT2D eigenvalue weighted by Gasteiger charge is 2.14. The molecule has 2 rings (SSSR count). The number of methoxy groups -OCH3 is 1. The Labute approximate surface area is 140 Å². The van der Waals surface area contributed by atoms with Gasteiger partial charge in [-0.1, -0.05) is 23.7 Å². The van der Waals surface area contributed by atoms with E-state index in [0.29, 0.717) is 24.0 Å². The molecule has 0 saturated heterocycles. The average Bonchev–Trinajstić information content (AvgIpc) is 2.53. The predicted octanol–water partition coefficient (Wildman–Crippen LogP) is 2.63. The second kappa shape index (κ2) is 8.45. The van der Waals surface area contributed by atoms with Crippen molar-refractivity contribution in [3.8, 4) is 0 Å². The summed E-state index contributed by atoms with van der Waals surface area (Å²) < 4.78 is 5.17. The van der Waals surface area contributed by atoms with Crippen molar-refractivity contribution in [1.82, 2.24) is 20.6 Å². The Kier molecular flexibility index (Phi) is 6.31. The quantitative estimate of drug-likeness (QED) is 0.851. The van der Waals surface area contributed by atoms with Crippen molar-refractivity contribution in [3.05, 3.63) is 58.6 Å². The van der Waals surface area contributed by atoms with E-state index in [-0.39, 0.29) is 12.1 Å². The number of urea groups is 1. The third-order valence-electron chi connectivity index (χ3n) is 3.17. The summed E-state index contributed by atoms with van der Waals surface area (Å²) in [5.74, 6) is 0.670. The van der Waals surface area contributed by atoms with Crippen LogP contribution in [-0.2, 0) is 11.3 Å². The maximum atomic E-state index is 12.1. The minimum atomic E-state index is -0.293. The van der Waals surface area contributed by atoms with Crippen LogP contribution in [0.4, 0.5) is 4.79 Å². The molecule has 6 nitrogen and oxygen atoms in total. The highest BCUT2D eigenvalue weighted by atomic mass is 35.5. The molecule has 0 spiro atoms. The molecule has 2 amide bonds. The molecule has 0 radical (unpaired) electrons. The Hall–Kier alpha value is -2.18. The lowest BCUT2D eigenvalue weighted by molar-refractivity contribution is 0.166. The van der Waals surface area contributed by atoms with Gasteiger partial charge in [0.05, 0.1) is 24.9 Å². The zero-order valence-corrected chi connectivity index (χ0v) is 13.8. The number of carbonyl (C=O) groups excluding carboxylic acids is 1. The molecule has 0 bridgehead atoms. The number of nitrogens with one attached hydrogen (secondary N) is 2. The van der Waals surface area contributed by atoms with Crippen molar-refractivity contribution in [1.29, 1.82) is 0 Å². The lowest BCUT2D eigenvalue weighted by atomic mass is 10.1. The second-order valence-electron chi connectivity index (χ2n) is 4.98. The molecule has 7 heteroatoms. The van der Waals surface area contributed by atoms with Gasteiger partial charge in [0.1, 0.15) is 5.82 Å². The summed E-state index contributed by atoms with van der Waals surface area (Å²) in [5.41, 5.74) is 1.67. The van der Waals surface area contributed by atoms with Gasteiger partial charge < -0.3 is 15.4 Å². The summed E-state index contributed by atoms with van der Waals surface area (Å²) in [6, 6.07) is 8.49. The third-order valence-corrected chi connectivity index (χ3v) is 3.43. The minimum Gasteiger partial charge on any atom is -0.382 e. The van der Waals surface area contributed by atoms with E-state index >= 15 is 0 Å². The number of hydrogen-bond donors (Lipinski definition) is 2. The van der Waals surface area contributed by atoms with Gasteiger partial charge in [0.15, 0.2) is 0 Å². The molecule has 0 fully saturated rings. The van der Waals surface area contributed by atoms with Crippen molar-refractivity contribution in [2.75, 3.05) is 13.7 Å². The number of nitrogens with zero attached hydrogens (tertiary/aromatic N) is 2. The SMILES string of the molecule is COC[C@H](NC(=O)NCc1ccnc(C)n1)c1ccc(Cl)cc1. The summed E-state index contributed by atoms with van der Waals surface area (Å²) in [6.07, 6.45) is 1.67. The van der Waals surface area contributed by atoms with Crippen molar-refractivity contribution in [2.24, 2.45) is 0 Å². The Balaban J connectivity index is 1.93. The molecule has 2 N–H and O–H groups in total. The van der Waals surface area contributed by atoms with E-state index < -0.39 is 0 Å². The number of amides is 2. The van der Waals surface area contributed by atoms with Gasteiger partial charge in [0.2, 0.25) is 0 Å². The van der Waals surface area contributed by atoms with Gasteiger partial charge in [-0.2, -0.15) is 0 Å². The monoisotopic (exact) mass is 334 g/mol. The van der Waals surface area contributed by atoms with E-state index in [0.717, 1.165) is 11.3 Å². The fourth-order valence-corrected chi connectivity index (χ4v) is 2.19. The maximum absolute atomic E-state index is 12.1. The van der Waals surface area contributed by atoms with E-state index in [9.17, 15) is 4.79 Å². The van der Waals surface area contributed by atoms with Gasteiger partial charge in [0, 0.05) is 18.3 Å². The molecular weight excluding hydrogens is 316 g/mol. The van der Waals surface area contributed by atoms with Crippen LogP contribution in [0.2, 0.25) is 5.02 Å². The average molecular weight is 335 g/mol. The summed E-state index contributed by atoms with van der Waals surface area (Å²) in [6.45, 7) is 2.50. The van der Waals surface area contributed by atoms with Crippen LogP contribution in [0.5, 0.6) is 0 Å². The molecule has 0 aliphatic heterocycles. The van der Waals surface area contributed by atoms with Crippen LogP contribution in [-0.4, -0.2) is 29.7 Å². The van der Waals surface area contributed by atoms with Crippen LogP contribution in [0, 0.1) is 6.92 Å². The first kappa shape index (κ1) is 17.2. The largest absolute Gasteiger partial charge is 0.382 e. The summed E-state index contributed by atoms with van der Waals surface area (Å²) in [7, 11) is 1.59. The molecule has 1 heterocycles. The first-order chi connectivity index (χ1) is 11.1. The van der Waals surface area contributed by atoms with Crippen LogP contribution in [0.15, 0.2) is 36.5 Å². The topological polar surface area (TPSA) is 76.1 Å². The van der Waals surface area contributed by atoms with Gasteiger partial charge in [0.25, 0.3) is 0 Å². The van der Waals surface area contributed by atoms with Gasteiger partial charge in [-0.15, -0.1) is 0 Å². The molecule has 23 heavy (non-hydrogen) atoms. The van der Waals surface area contributed by atoms with Crippen molar-refractivity contribution < 1.29 is 9.53 Å². The molecule has 0 aliphatic rings. The van der Waals surface area contributed by atoms with Crippen LogP contribution >= 0.6 is 11.6 Å². The Morgan fingerprint density at radius 3 is 2.70 bits per heavy atom. The fraction of sp³-hybridized carbons (Fsp3) is 0.312. The summed E-state index contributed by atoms with van der Waals surface area (Å²) in [5, 5.41) is 6.30. The fourth-order valence-electron chi connectivity index (χ4n) is 2.07. The predicted molar refractivity (Wildman–Crippen MR) is 88.2 cm³/mol. The number of halogens is 1. The second-order valence-corrected chi connectivity index (χ2v) is 5.42. The van der Waals surface area contributed by atoms with Gasteiger partial charge >= 0.3 is 6.03 Å². The van der Waals surface area contributed by atoms with Gasteiger partial charge in [-0.05, 0) is 30.7 Å². The molecular formula is C16H19ClN4O2. The number of benzene rings is 1. The summed E-state index contributed by atoms with van der Waals surface area (Å²) >= 11 is 5.89. The van der Waals surface area contributed by atoms with Gasteiger partial charge in [-0.3, -0.25) is 0 Å². The van der Waals surface area contributed by atoms with E-state index in [2.05, 4.69) is 20.6 Å². The lowest BCUT2D eigenvalue weighted by Crippen LogP contribution is -2.39. The van der Waals surface area contributed by atoms with Crippen LogP contribution in [0.1, 0.15) is 23.1 Å². The Morgan fingerprint density at radius 2 is 2.04 bits per heavy atom. The molecule has 0 saturated carbocycles. The normalized spacial score (nSPS) is 11.8. The first-order valence-corrected chi connectivity index (χ1v) is 7.53. The number of hydrogen-bond acceptors (Lipinski definition) is 4. The Bertz CT molecular complexity index is 649. The minimum absolute atomic E-state index is 0.260. The third kappa shape index (κ3) is 5.50. The van der Waals surface area contributed by atoms with E-state index in [1.54, 1.807) is 38.4 Å². The van der Waals surface area contributed by atoms with Crippen LogP contribution in [0.25, 0.3) is 0 Å². The van der Waals surface area contributed by atoms with E-state index in [4.69, 9.17) is 16.3 Å². The maximum Gasteiger partial charge on any atom is 0.315 e. The molecule has 0 aliphatic carbocycles. The summed E-state index contributed by atoms with van der Waals surface area (Å²) in [4.78, 5) is 20.3. The van der Waals surface area contributed by atoms with E-state index in [1.165, 1.54) is 0 Å². The van der Waals surface area contributed by atoms with Gasteiger partial charge in [-0.25, -0.2) is 14.8 Å².